The van der Waals surface area contributed by atoms with Crippen LogP contribution in [0.25, 0.3) is 0 Å². The summed E-state index contributed by atoms with van der Waals surface area (Å²) in [6, 6.07) is -4.30. The zero-order chi connectivity index (χ0) is 23.1. The van der Waals surface area contributed by atoms with Gasteiger partial charge >= 0.3 is 5.97 Å². The van der Waals surface area contributed by atoms with Crippen LogP contribution in [0.15, 0.2) is 12.5 Å². The van der Waals surface area contributed by atoms with Gasteiger partial charge in [-0.3, -0.25) is 24.0 Å². The Bertz CT molecular complexity index is 827. The molecule has 2 rings (SSSR count). The number of primary amides is 1. The Labute approximate surface area is 177 Å². The van der Waals surface area contributed by atoms with Crippen LogP contribution in [0.4, 0.5) is 0 Å². The average molecular weight is 437 g/mol. The van der Waals surface area contributed by atoms with Crippen molar-refractivity contribution in [2.45, 2.75) is 56.8 Å². The van der Waals surface area contributed by atoms with E-state index in [9.17, 15) is 24.0 Å². The lowest BCUT2D eigenvalue weighted by Gasteiger charge is -2.28. The molecule has 4 atom stereocenters. The molecular formula is C18H27N7O6. The second-order valence-electron chi connectivity index (χ2n) is 7.38. The zero-order valence-corrected chi connectivity index (χ0v) is 17.0. The van der Waals surface area contributed by atoms with E-state index in [0.717, 1.165) is 0 Å². The first-order valence-electron chi connectivity index (χ1n) is 9.75. The molecular weight excluding hydrogens is 410 g/mol. The first-order chi connectivity index (χ1) is 14.6. The number of carbonyl (C=O) groups excluding carboxylic acids is 4. The molecule has 1 aliphatic heterocycles. The van der Waals surface area contributed by atoms with Gasteiger partial charge in [0.1, 0.15) is 18.1 Å². The maximum Gasteiger partial charge on any atom is 0.325 e. The quantitative estimate of drug-likeness (QED) is 0.225. The van der Waals surface area contributed by atoms with Gasteiger partial charge in [-0.25, -0.2) is 4.98 Å². The lowest BCUT2D eigenvalue weighted by atomic mass is 10.1. The Morgan fingerprint density at radius 1 is 1.32 bits per heavy atom. The van der Waals surface area contributed by atoms with Gasteiger partial charge in [-0.2, -0.15) is 0 Å². The monoisotopic (exact) mass is 437 g/mol. The third kappa shape index (κ3) is 6.50. The molecule has 4 unspecified atom stereocenters. The average Bonchev–Trinajstić information content (AvgIpc) is 3.37. The smallest absolute Gasteiger partial charge is 0.325 e. The van der Waals surface area contributed by atoms with Crippen LogP contribution < -0.4 is 22.1 Å². The number of H-pyrrole nitrogens is 1. The summed E-state index contributed by atoms with van der Waals surface area (Å²) in [7, 11) is 0. The molecule has 13 nitrogen and oxygen atoms in total. The minimum absolute atomic E-state index is 0.0335. The summed E-state index contributed by atoms with van der Waals surface area (Å²) in [5, 5.41) is 13.9. The van der Waals surface area contributed by atoms with Crippen LogP contribution in [-0.2, 0) is 30.4 Å². The predicted octanol–water partition coefficient (Wildman–Crippen LogP) is -2.78. The molecule has 1 aromatic rings. The van der Waals surface area contributed by atoms with Crippen molar-refractivity contribution in [1.29, 1.82) is 0 Å². The summed E-state index contributed by atoms with van der Waals surface area (Å²) in [5.74, 6) is -3.81. The Kier molecular flexibility index (Phi) is 8.07. The molecule has 1 fully saturated rings. The van der Waals surface area contributed by atoms with E-state index in [-0.39, 0.29) is 19.4 Å². The highest BCUT2D eigenvalue weighted by Gasteiger charge is 2.38. The van der Waals surface area contributed by atoms with E-state index in [4.69, 9.17) is 16.6 Å². The van der Waals surface area contributed by atoms with Gasteiger partial charge in [0.2, 0.25) is 23.6 Å². The number of amides is 4. The SMILES string of the molecule is CC(NC(=O)C(Cc1cnc[nH]1)NC(=O)C1CCCN1C(=O)C(N)CC(N)=O)C(=O)O. The number of rotatable bonds is 10. The molecule has 1 aromatic heterocycles. The molecule has 0 aliphatic carbocycles. The molecule has 0 saturated carbocycles. The highest BCUT2D eigenvalue weighted by molar-refractivity contribution is 5.95. The molecule has 0 bridgehead atoms. The van der Waals surface area contributed by atoms with Crippen LogP contribution in [0.5, 0.6) is 0 Å². The van der Waals surface area contributed by atoms with E-state index < -0.39 is 53.8 Å². The number of carboxylic acids is 1. The largest absolute Gasteiger partial charge is 0.480 e. The third-order valence-electron chi connectivity index (χ3n) is 4.92. The van der Waals surface area contributed by atoms with E-state index in [0.29, 0.717) is 18.5 Å². The fourth-order valence-corrected chi connectivity index (χ4v) is 3.29. The number of nitrogens with two attached hydrogens (primary N) is 2. The van der Waals surface area contributed by atoms with Crippen molar-refractivity contribution in [3.05, 3.63) is 18.2 Å². The van der Waals surface area contributed by atoms with E-state index in [1.807, 2.05) is 0 Å². The van der Waals surface area contributed by atoms with Gasteiger partial charge in [-0.15, -0.1) is 0 Å². The maximum absolute atomic E-state index is 12.9. The van der Waals surface area contributed by atoms with Crippen LogP contribution in [0.2, 0.25) is 0 Å². The van der Waals surface area contributed by atoms with E-state index in [2.05, 4.69) is 20.6 Å². The van der Waals surface area contributed by atoms with Crippen molar-refractivity contribution in [3.8, 4) is 0 Å². The van der Waals surface area contributed by atoms with Crippen molar-refractivity contribution in [3.63, 3.8) is 0 Å². The molecule has 2 heterocycles. The summed E-state index contributed by atoms with van der Waals surface area (Å²) in [4.78, 5) is 68.1. The topological polar surface area (TPSA) is 214 Å². The Morgan fingerprint density at radius 3 is 2.61 bits per heavy atom. The van der Waals surface area contributed by atoms with Crippen LogP contribution in [0.3, 0.4) is 0 Å². The lowest BCUT2D eigenvalue weighted by Crippen LogP contribution is -2.57. The van der Waals surface area contributed by atoms with Crippen LogP contribution in [0.1, 0.15) is 31.9 Å². The molecule has 13 heteroatoms. The lowest BCUT2D eigenvalue weighted by molar-refractivity contribution is -0.142. The van der Waals surface area contributed by atoms with E-state index in [1.165, 1.54) is 24.3 Å². The van der Waals surface area contributed by atoms with Crippen molar-refractivity contribution >= 4 is 29.6 Å². The van der Waals surface area contributed by atoms with Crippen LogP contribution in [-0.4, -0.2) is 80.3 Å². The fraction of sp³-hybridized carbons (Fsp3) is 0.556. The summed E-state index contributed by atoms with van der Waals surface area (Å²) in [6.07, 6.45) is 3.46. The molecule has 0 spiro atoms. The van der Waals surface area contributed by atoms with Gasteiger partial charge in [0, 0.05) is 24.9 Å². The van der Waals surface area contributed by atoms with Crippen molar-refractivity contribution in [2.24, 2.45) is 11.5 Å². The Balaban J connectivity index is 2.12. The minimum atomic E-state index is -1.23. The number of nitrogens with zero attached hydrogens (tertiary/aromatic N) is 2. The van der Waals surface area contributed by atoms with Gasteiger partial charge in [-0.1, -0.05) is 0 Å². The van der Waals surface area contributed by atoms with Gasteiger partial charge in [0.25, 0.3) is 0 Å². The van der Waals surface area contributed by atoms with Gasteiger partial charge in [-0.05, 0) is 19.8 Å². The first kappa shape index (κ1) is 23.8. The van der Waals surface area contributed by atoms with E-state index in [1.54, 1.807) is 0 Å². The number of hydrogen-bond donors (Lipinski definition) is 6. The predicted molar refractivity (Wildman–Crippen MR) is 106 cm³/mol. The number of aromatic nitrogens is 2. The summed E-state index contributed by atoms with van der Waals surface area (Å²) in [5.41, 5.74) is 11.4. The number of nitrogens with one attached hydrogen (secondary N) is 3. The van der Waals surface area contributed by atoms with Crippen LogP contribution in [0, 0.1) is 0 Å². The molecule has 0 aromatic carbocycles. The number of aliphatic carboxylic acids is 1. The summed E-state index contributed by atoms with van der Waals surface area (Å²) < 4.78 is 0. The standard InChI is InChI=1S/C18H27N7O6/c1-9(18(30)31)23-15(27)12(5-10-7-21-8-22-10)24-16(28)13-3-2-4-25(13)17(29)11(19)6-14(20)26/h7-9,11-13H,2-6,19H2,1H3,(H2,20,26)(H,21,22)(H,23,27)(H,24,28)(H,30,31). The van der Waals surface area contributed by atoms with Gasteiger partial charge < -0.3 is 37.1 Å². The first-order valence-corrected chi connectivity index (χ1v) is 9.75. The molecule has 8 N–H and O–H groups in total. The second-order valence-corrected chi connectivity index (χ2v) is 7.38. The second kappa shape index (κ2) is 10.5. The van der Waals surface area contributed by atoms with Crippen molar-refractivity contribution in [2.75, 3.05) is 6.54 Å². The molecule has 1 aliphatic rings. The van der Waals surface area contributed by atoms with Crippen molar-refractivity contribution < 1.29 is 29.1 Å². The maximum atomic E-state index is 12.9. The molecule has 1 saturated heterocycles. The highest BCUT2D eigenvalue weighted by Crippen LogP contribution is 2.19. The summed E-state index contributed by atoms with van der Waals surface area (Å²) in [6.45, 7) is 1.57. The highest BCUT2D eigenvalue weighted by atomic mass is 16.4. The molecule has 31 heavy (non-hydrogen) atoms. The fourth-order valence-electron chi connectivity index (χ4n) is 3.29. The van der Waals surface area contributed by atoms with Gasteiger partial charge in [0.05, 0.1) is 18.8 Å². The Hall–Kier alpha value is -3.48. The van der Waals surface area contributed by atoms with Gasteiger partial charge in [0.15, 0.2) is 0 Å². The normalized spacial score (nSPS) is 18.6. The minimum Gasteiger partial charge on any atom is -0.480 e. The number of aromatic amines is 1. The van der Waals surface area contributed by atoms with Crippen LogP contribution >= 0.6 is 0 Å². The van der Waals surface area contributed by atoms with E-state index >= 15 is 0 Å². The number of carbonyl (C=O) groups is 5. The number of imidazole rings is 1. The molecule has 0 radical (unpaired) electrons. The van der Waals surface area contributed by atoms with Crippen molar-refractivity contribution in [1.82, 2.24) is 25.5 Å². The number of likely N-dealkylation sites (tertiary alicyclic amines) is 1. The number of hydrogen-bond acceptors (Lipinski definition) is 7. The summed E-state index contributed by atoms with van der Waals surface area (Å²) >= 11 is 0. The Morgan fingerprint density at radius 2 is 2.03 bits per heavy atom. The zero-order valence-electron chi connectivity index (χ0n) is 17.0. The number of carboxylic acid groups (broad SMARTS) is 1. The molecule has 170 valence electrons. The molecule has 4 amide bonds. The third-order valence-corrected chi connectivity index (χ3v) is 4.92.